The summed E-state index contributed by atoms with van der Waals surface area (Å²) in [5.41, 5.74) is 0.695. The molecule has 0 aliphatic carbocycles. The van der Waals surface area contributed by atoms with Gasteiger partial charge in [0.25, 0.3) is 0 Å². The fourth-order valence-electron chi connectivity index (χ4n) is 3.43. The number of ether oxygens (including phenoxy) is 2. The van der Waals surface area contributed by atoms with Crippen molar-refractivity contribution in [1.82, 2.24) is 0 Å². The van der Waals surface area contributed by atoms with Crippen LogP contribution in [0, 0.1) is 0 Å². The summed E-state index contributed by atoms with van der Waals surface area (Å²) < 4.78 is 8.93. The summed E-state index contributed by atoms with van der Waals surface area (Å²) in [6, 6.07) is 0. The van der Waals surface area contributed by atoms with Crippen molar-refractivity contribution in [3.05, 3.63) is 24.3 Å². The van der Waals surface area contributed by atoms with E-state index in [-0.39, 0.29) is 11.5 Å². The number of methoxy groups -OCH3 is 2. The van der Waals surface area contributed by atoms with Crippen molar-refractivity contribution < 1.29 is 24.2 Å². The first kappa shape index (κ1) is 33.6. The molecule has 0 rings (SSSR count). The maximum atomic E-state index is 11.2. The van der Waals surface area contributed by atoms with Crippen molar-refractivity contribution >= 4 is 11.9 Å². The molecule has 0 amide bonds. The number of unbranched alkanes of at least 4 members (excludes halogenated alkanes) is 15. The molecule has 0 spiro atoms. The molecule has 5 heteroatoms. The third kappa shape index (κ3) is 23.3. The number of hydrogen-bond acceptors (Lipinski definition) is 5. The minimum atomic E-state index is -0.822. The lowest BCUT2D eigenvalue weighted by atomic mass is 10.0. The van der Waals surface area contributed by atoms with Gasteiger partial charge in [-0.25, -0.2) is 9.59 Å². The number of aliphatic hydroxyl groups excluding tert-OH is 1. The minimum Gasteiger partial charge on any atom is -0.466 e. The van der Waals surface area contributed by atoms with E-state index in [1.165, 1.54) is 117 Å². The zero-order valence-electron chi connectivity index (χ0n) is 22.1. The van der Waals surface area contributed by atoms with Crippen molar-refractivity contribution in [3.63, 3.8) is 0 Å². The van der Waals surface area contributed by atoms with Gasteiger partial charge < -0.3 is 14.6 Å². The van der Waals surface area contributed by atoms with Gasteiger partial charge in [0.1, 0.15) is 0 Å². The standard InChI is InChI=1S/C22H42O2.C6H10O3/c1-4-5-6-7-8-9-10-11-12-13-14-15-16-17-18-19-20-21(2)22(23)24-3;1-4(5(2)7)6(8)9-3/h2,4-20H2,1,3H3;5,7H,1H2,2-3H3. The Balaban J connectivity index is 0. The van der Waals surface area contributed by atoms with Gasteiger partial charge in [-0.1, -0.05) is 116 Å². The van der Waals surface area contributed by atoms with Gasteiger partial charge in [-0.05, 0) is 19.8 Å². The Morgan fingerprint density at radius 2 is 1.00 bits per heavy atom. The van der Waals surface area contributed by atoms with Gasteiger partial charge in [0.05, 0.1) is 25.9 Å². The van der Waals surface area contributed by atoms with Gasteiger partial charge >= 0.3 is 11.9 Å². The molecular weight excluding hydrogens is 416 g/mol. The molecule has 1 unspecified atom stereocenters. The molecule has 0 saturated carbocycles. The SMILES string of the molecule is C=C(C(=O)OC)C(C)O.C=C(CCCCCCCCCCCCCCCCCC)C(=O)OC. The summed E-state index contributed by atoms with van der Waals surface area (Å²) in [7, 11) is 2.66. The van der Waals surface area contributed by atoms with Crippen LogP contribution in [0.25, 0.3) is 0 Å². The predicted molar refractivity (Wildman–Crippen MR) is 138 cm³/mol. The molecule has 0 aliphatic heterocycles. The second-order valence-corrected chi connectivity index (χ2v) is 8.84. The van der Waals surface area contributed by atoms with E-state index >= 15 is 0 Å². The Bertz CT molecular complexity index is 510. The van der Waals surface area contributed by atoms with Crippen LogP contribution in [0.3, 0.4) is 0 Å². The van der Waals surface area contributed by atoms with Crippen molar-refractivity contribution in [2.24, 2.45) is 0 Å². The smallest absolute Gasteiger partial charge is 0.335 e. The Labute approximate surface area is 204 Å². The molecule has 0 heterocycles. The first-order chi connectivity index (χ1) is 15.8. The van der Waals surface area contributed by atoms with Crippen molar-refractivity contribution in [1.29, 1.82) is 0 Å². The van der Waals surface area contributed by atoms with Gasteiger partial charge in [-0.15, -0.1) is 0 Å². The summed E-state index contributed by atoms with van der Waals surface area (Å²) in [4.78, 5) is 21.7. The first-order valence-electron chi connectivity index (χ1n) is 13.0. The molecule has 194 valence electrons. The third-order valence-electron chi connectivity index (χ3n) is 5.76. The van der Waals surface area contributed by atoms with Crippen LogP contribution >= 0.6 is 0 Å². The highest BCUT2D eigenvalue weighted by Gasteiger charge is 2.10. The number of carbonyl (C=O) groups excluding carboxylic acids is 2. The molecule has 1 atom stereocenters. The molecular formula is C28H52O5. The first-order valence-corrected chi connectivity index (χ1v) is 13.0. The number of rotatable bonds is 20. The molecule has 33 heavy (non-hydrogen) atoms. The molecule has 0 fully saturated rings. The Kier molecular flexibility index (Phi) is 25.4. The monoisotopic (exact) mass is 468 g/mol. The van der Waals surface area contributed by atoms with E-state index in [1.54, 1.807) is 0 Å². The van der Waals surface area contributed by atoms with Gasteiger partial charge in [-0.2, -0.15) is 0 Å². The normalized spacial score (nSPS) is 11.2. The van der Waals surface area contributed by atoms with Crippen LogP contribution in [0.5, 0.6) is 0 Å². The number of aliphatic hydroxyl groups is 1. The largest absolute Gasteiger partial charge is 0.466 e. The molecule has 5 nitrogen and oxygen atoms in total. The van der Waals surface area contributed by atoms with Crippen molar-refractivity contribution in [2.45, 2.75) is 129 Å². The van der Waals surface area contributed by atoms with E-state index in [0.717, 1.165) is 12.8 Å². The number of hydrogen-bond donors (Lipinski definition) is 1. The average Bonchev–Trinajstić information content (AvgIpc) is 2.82. The Morgan fingerprint density at radius 1 is 0.667 bits per heavy atom. The van der Waals surface area contributed by atoms with E-state index in [1.807, 2.05) is 0 Å². The minimum absolute atomic E-state index is 0.0810. The van der Waals surface area contributed by atoms with Crippen LogP contribution < -0.4 is 0 Å². The quantitative estimate of drug-likeness (QED) is 0.114. The van der Waals surface area contributed by atoms with Crippen molar-refractivity contribution in [3.8, 4) is 0 Å². The lowest BCUT2D eigenvalue weighted by Gasteiger charge is -2.04. The van der Waals surface area contributed by atoms with Crippen LogP contribution in [-0.2, 0) is 19.1 Å². The fourth-order valence-corrected chi connectivity index (χ4v) is 3.43. The summed E-state index contributed by atoms with van der Waals surface area (Å²) in [5, 5.41) is 8.72. The molecule has 0 aromatic rings. The summed E-state index contributed by atoms with van der Waals surface area (Å²) in [6.45, 7) is 10.8. The molecule has 1 N–H and O–H groups in total. The zero-order chi connectivity index (χ0) is 25.3. The lowest BCUT2D eigenvalue weighted by Crippen LogP contribution is -2.14. The van der Waals surface area contributed by atoms with Crippen LogP contribution in [0.1, 0.15) is 123 Å². The van der Waals surface area contributed by atoms with E-state index in [2.05, 4.69) is 29.6 Å². The topological polar surface area (TPSA) is 72.8 Å². The highest BCUT2D eigenvalue weighted by molar-refractivity contribution is 5.88. The van der Waals surface area contributed by atoms with E-state index in [0.29, 0.717) is 5.57 Å². The Hall–Kier alpha value is -1.62. The second-order valence-electron chi connectivity index (χ2n) is 8.84. The van der Waals surface area contributed by atoms with Gasteiger partial charge in [-0.3, -0.25) is 0 Å². The average molecular weight is 469 g/mol. The summed E-state index contributed by atoms with van der Waals surface area (Å²) >= 11 is 0. The summed E-state index contributed by atoms with van der Waals surface area (Å²) in [6.07, 6.45) is 21.9. The van der Waals surface area contributed by atoms with Crippen molar-refractivity contribution in [2.75, 3.05) is 14.2 Å². The van der Waals surface area contributed by atoms with Gasteiger partial charge in [0.15, 0.2) is 0 Å². The number of esters is 2. The maximum absolute atomic E-state index is 11.2. The fraction of sp³-hybridized carbons (Fsp3) is 0.786. The predicted octanol–water partition coefficient (Wildman–Crippen LogP) is 7.46. The highest BCUT2D eigenvalue weighted by Crippen LogP contribution is 2.15. The van der Waals surface area contributed by atoms with E-state index in [4.69, 9.17) is 5.11 Å². The molecule has 0 aromatic heterocycles. The van der Waals surface area contributed by atoms with E-state index in [9.17, 15) is 9.59 Å². The number of carbonyl (C=O) groups is 2. The molecule has 0 bridgehead atoms. The van der Waals surface area contributed by atoms with Crippen LogP contribution in [-0.4, -0.2) is 37.4 Å². The molecule has 0 saturated heterocycles. The van der Waals surface area contributed by atoms with Crippen LogP contribution in [0.4, 0.5) is 0 Å². The highest BCUT2D eigenvalue weighted by atomic mass is 16.5. The third-order valence-corrected chi connectivity index (χ3v) is 5.76. The van der Waals surface area contributed by atoms with Gasteiger partial charge in [0.2, 0.25) is 0 Å². The summed E-state index contributed by atoms with van der Waals surface area (Å²) in [5.74, 6) is -0.819. The van der Waals surface area contributed by atoms with Crippen LogP contribution in [0.15, 0.2) is 24.3 Å². The lowest BCUT2D eigenvalue weighted by molar-refractivity contribution is -0.137. The van der Waals surface area contributed by atoms with Crippen LogP contribution in [0.2, 0.25) is 0 Å². The molecule has 0 radical (unpaired) electrons. The Morgan fingerprint density at radius 3 is 1.27 bits per heavy atom. The zero-order valence-corrected chi connectivity index (χ0v) is 22.1. The van der Waals surface area contributed by atoms with E-state index < -0.39 is 12.1 Å². The van der Waals surface area contributed by atoms with Gasteiger partial charge in [0, 0.05) is 5.57 Å². The maximum Gasteiger partial charge on any atom is 0.335 e. The molecule has 0 aromatic carbocycles. The second kappa shape index (κ2) is 25.0. The molecule has 0 aliphatic rings.